The molecular formula is C11H24N2S. The number of hydrazine groups is 1. The van der Waals surface area contributed by atoms with E-state index in [2.05, 4.69) is 39.7 Å². The second kappa shape index (κ2) is 6.49. The monoisotopic (exact) mass is 216 g/mol. The highest BCUT2D eigenvalue weighted by Gasteiger charge is 2.15. The van der Waals surface area contributed by atoms with Crippen LogP contribution in [-0.4, -0.2) is 16.5 Å². The Balaban J connectivity index is 3.86. The first kappa shape index (κ1) is 14.0. The fourth-order valence-electron chi connectivity index (χ4n) is 1.01. The number of nitrogens with one attached hydrogen (secondary N) is 1. The van der Waals surface area contributed by atoms with Gasteiger partial charge in [-0.05, 0) is 12.8 Å². The van der Waals surface area contributed by atoms with Crippen molar-refractivity contribution >= 4 is 11.8 Å². The fourth-order valence-corrected chi connectivity index (χ4v) is 1.92. The summed E-state index contributed by atoms with van der Waals surface area (Å²) in [6, 6.07) is 0.353. The number of rotatable bonds is 6. The highest BCUT2D eigenvalue weighted by molar-refractivity contribution is 8.00. The normalized spacial score (nSPS) is 14.1. The summed E-state index contributed by atoms with van der Waals surface area (Å²) in [4.78, 5) is 0. The molecule has 0 heterocycles. The van der Waals surface area contributed by atoms with Crippen molar-refractivity contribution < 1.29 is 0 Å². The van der Waals surface area contributed by atoms with Crippen LogP contribution in [0.3, 0.4) is 0 Å². The SMILES string of the molecule is C=C(CC)CC(CSC(C)(C)C)NN. The second-order valence-electron chi connectivity index (χ2n) is 4.59. The Bertz CT molecular complexity index is 173. The summed E-state index contributed by atoms with van der Waals surface area (Å²) < 4.78 is 0.308. The van der Waals surface area contributed by atoms with Gasteiger partial charge in [-0.3, -0.25) is 11.3 Å². The van der Waals surface area contributed by atoms with E-state index in [1.54, 1.807) is 0 Å². The van der Waals surface area contributed by atoms with Crippen LogP contribution in [0.4, 0.5) is 0 Å². The Morgan fingerprint density at radius 1 is 1.50 bits per heavy atom. The number of nitrogens with two attached hydrogens (primary N) is 1. The Kier molecular flexibility index (Phi) is 6.49. The third-order valence-electron chi connectivity index (χ3n) is 1.99. The van der Waals surface area contributed by atoms with Crippen molar-refractivity contribution in [1.82, 2.24) is 5.43 Å². The van der Waals surface area contributed by atoms with Crippen molar-refractivity contribution in [3.63, 3.8) is 0 Å². The molecule has 84 valence electrons. The highest BCUT2D eigenvalue weighted by Crippen LogP contribution is 2.24. The van der Waals surface area contributed by atoms with E-state index in [-0.39, 0.29) is 0 Å². The van der Waals surface area contributed by atoms with E-state index in [4.69, 9.17) is 5.84 Å². The Hall–Kier alpha value is 0.01000. The number of hydrogen-bond donors (Lipinski definition) is 2. The second-order valence-corrected chi connectivity index (χ2v) is 6.44. The molecule has 0 saturated heterocycles. The average Bonchev–Trinajstić information content (AvgIpc) is 2.10. The molecule has 2 nitrogen and oxygen atoms in total. The molecule has 1 atom stereocenters. The summed E-state index contributed by atoms with van der Waals surface area (Å²) >= 11 is 1.94. The van der Waals surface area contributed by atoms with E-state index < -0.39 is 0 Å². The van der Waals surface area contributed by atoms with Crippen LogP contribution < -0.4 is 11.3 Å². The Morgan fingerprint density at radius 3 is 2.43 bits per heavy atom. The molecule has 0 spiro atoms. The molecule has 3 heteroatoms. The number of hydrogen-bond acceptors (Lipinski definition) is 3. The molecule has 0 bridgehead atoms. The predicted octanol–water partition coefficient (Wildman–Crippen LogP) is 2.71. The third-order valence-corrected chi connectivity index (χ3v) is 3.42. The highest BCUT2D eigenvalue weighted by atomic mass is 32.2. The van der Waals surface area contributed by atoms with E-state index in [0.29, 0.717) is 10.8 Å². The van der Waals surface area contributed by atoms with Crippen molar-refractivity contribution in [1.29, 1.82) is 0 Å². The van der Waals surface area contributed by atoms with Gasteiger partial charge in [-0.15, -0.1) is 0 Å². The van der Waals surface area contributed by atoms with Crippen LogP contribution in [0.2, 0.25) is 0 Å². The van der Waals surface area contributed by atoms with Gasteiger partial charge in [-0.2, -0.15) is 11.8 Å². The van der Waals surface area contributed by atoms with Gasteiger partial charge < -0.3 is 0 Å². The molecule has 0 aromatic rings. The maximum atomic E-state index is 5.50. The molecule has 3 N–H and O–H groups in total. The fraction of sp³-hybridized carbons (Fsp3) is 0.818. The lowest BCUT2D eigenvalue weighted by Gasteiger charge is -2.22. The van der Waals surface area contributed by atoms with Crippen molar-refractivity contribution in [2.45, 2.75) is 51.3 Å². The minimum atomic E-state index is 0.308. The van der Waals surface area contributed by atoms with Crippen LogP contribution in [0, 0.1) is 0 Å². The summed E-state index contributed by atoms with van der Waals surface area (Å²) in [5.74, 6) is 6.54. The maximum absolute atomic E-state index is 5.50. The molecule has 0 rings (SSSR count). The van der Waals surface area contributed by atoms with E-state index >= 15 is 0 Å². The van der Waals surface area contributed by atoms with E-state index in [1.165, 1.54) is 5.57 Å². The van der Waals surface area contributed by atoms with Gasteiger partial charge in [0.25, 0.3) is 0 Å². The Morgan fingerprint density at radius 2 is 2.07 bits per heavy atom. The predicted molar refractivity (Wildman–Crippen MR) is 67.4 cm³/mol. The standard InChI is InChI=1S/C11H24N2S/c1-6-9(2)7-10(13-12)8-14-11(3,4)5/h10,13H,2,6-8,12H2,1,3-5H3. The van der Waals surface area contributed by atoms with Gasteiger partial charge in [0, 0.05) is 16.5 Å². The van der Waals surface area contributed by atoms with Gasteiger partial charge in [0.2, 0.25) is 0 Å². The lowest BCUT2D eigenvalue weighted by atomic mass is 10.1. The molecule has 0 fully saturated rings. The van der Waals surface area contributed by atoms with Crippen molar-refractivity contribution in [3.05, 3.63) is 12.2 Å². The van der Waals surface area contributed by atoms with E-state index in [9.17, 15) is 0 Å². The van der Waals surface area contributed by atoms with Gasteiger partial charge in [-0.1, -0.05) is 39.8 Å². The minimum Gasteiger partial charge on any atom is -0.271 e. The lowest BCUT2D eigenvalue weighted by Crippen LogP contribution is -2.38. The topological polar surface area (TPSA) is 38.0 Å². The van der Waals surface area contributed by atoms with Crippen LogP contribution in [-0.2, 0) is 0 Å². The first-order valence-corrected chi connectivity index (χ1v) is 6.14. The van der Waals surface area contributed by atoms with Crippen LogP contribution in [0.5, 0.6) is 0 Å². The average molecular weight is 216 g/mol. The smallest absolute Gasteiger partial charge is 0.0338 e. The van der Waals surface area contributed by atoms with E-state index in [1.807, 2.05) is 11.8 Å². The zero-order chi connectivity index (χ0) is 11.2. The van der Waals surface area contributed by atoms with Crippen molar-refractivity contribution in [3.8, 4) is 0 Å². The van der Waals surface area contributed by atoms with Crippen molar-refractivity contribution in [2.75, 3.05) is 5.75 Å². The first-order chi connectivity index (χ1) is 6.39. The molecule has 0 radical (unpaired) electrons. The van der Waals surface area contributed by atoms with Crippen LogP contribution in [0.15, 0.2) is 12.2 Å². The summed E-state index contributed by atoms with van der Waals surface area (Å²) in [7, 11) is 0. The first-order valence-electron chi connectivity index (χ1n) is 5.15. The molecule has 14 heavy (non-hydrogen) atoms. The van der Waals surface area contributed by atoms with Gasteiger partial charge in [0.1, 0.15) is 0 Å². The summed E-state index contributed by atoms with van der Waals surface area (Å²) in [5, 5.41) is 0. The summed E-state index contributed by atoms with van der Waals surface area (Å²) in [6.45, 7) is 12.8. The van der Waals surface area contributed by atoms with Crippen LogP contribution >= 0.6 is 11.8 Å². The summed E-state index contributed by atoms with van der Waals surface area (Å²) in [6.07, 6.45) is 2.02. The maximum Gasteiger partial charge on any atom is 0.0338 e. The lowest BCUT2D eigenvalue weighted by molar-refractivity contribution is 0.565. The zero-order valence-electron chi connectivity index (χ0n) is 9.89. The van der Waals surface area contributed by atoms with Crippen LogP contribution in [0.1, 0.15) is 40.5 Å². The molecule has 0 aliphatic heterocycles. The molecule has 0 aliphatic carbocycles. The minimum absolute atomic E-state index is 0.308. The summed E-state index contributed by atoms with van der Waals surface area (Å²) in [5.41, 5.74) is 4.12. The molecule has 0 amide bonds. The Labute approximate surface area is 92.7 Å². The van der Waals surface area contributed by atoms with Crippen LogP contribution in [0.25, 0.3) is 0 Å². The van der Waals surface area contributed by atoms with Gasteiger partial charge in [0.05, 0.1) is 0 Å². The van der Waals surface area contributed by atoms with Gasteiger partial charge >= 0.3 is 0 Å². The van der Waals surface area contributed by atoms with Gasteiger partial charge in [0.15, 0.2) is 0 Å². The van der Waals surface area contributed by atoms with Gasteiger partial charge in [-0.25, -0.2) is 0 Å². The molecule has 0 saturated carbocycles. The quantitative estimate of drug-likeness (QED) is 0.407. The molecule has 0 aromatic heterocycles. The molecule has 0 aromatic carbocycles. The largest absolute Gasteiger partial charge is 0.271 e. The van der Waals surface area contributed by atoms with Crippen molar-refractivity contribution in [2.24, 2.45) is 5.84 Å². The van der Waals surface area contributed by atoms with E-state index in [0.717, 1.165) is 18.6 Å². The number of thioether (sulfide) groups is 1. The molecule has 1 unspecified atom stereocenters. The molecular weight excluding hydrogens is 192 g/mol. The zero-order valence-corrected chi connectivity index (χ0v) is 10.7. The third kappa shape index (κ3) is 7.42. The molecule has 0 aliphatic rings.